The monoisotopic (exact) mass is 391 g/mol. The zero-order valence-corrected chi connectivity index (χ0v) is 15.2. The van der Waals surface area contributed by atoms with E-state index in [0.29, 0.717) is 22.7 Å². The van der Waals surface area contributed by atoms with Gasteiger partial charge in [-0.15, -0.1) is 0 Å². The molecule has 140 valence electrons. The van der Waals surface area contributed by atoms with Gasteiger partial charge in [-0.3, -0.25) is 9.59 Å². The van der Waals surface area contributed by atoms with E-state index in [0.717, 1.165) is 6.07 Å². The van der Waals surface area contributed by atoms with E-state index in [2.05, 4.69) is 20.4 Å². The van der Waals surface area contributed by atoms with Crippen molar-refractivity contribution < 1.29 is 18.7 Å². The van der Waals surface area contributed by atoms with Gasteiger partial charge in [0.25, 0.3) is 11.7 Å². The highest BCUT2D eigenvalue weighted by Crippen LogP contribution is 2.19. The molecule has 3 aromatic rings. The fraction of sp³-hybridized carbons (Fsp3) is 0.235. The molecule has 0 spiro atoms. The minimum absolute atomic E-state index is 0.0482. The number of esters is 1. The minimum Gasteiger partial charge on any atom is -0.455 e. The van der Waals surface area contributed by atoms with Crippen LogP contribution in [0.1, 0.15) is 17.0 Å². The van der Waals surface area contributed by atoms with Crippen molar-refractivity contribution in [2.24, 2.45) is 0 Å². The summed E-state index contributed by atoms with van der Waals surface area (Å²) >= 11 is 5.65. The van der Waals surface area contributed by atoms with Crippen molar-refractivity contribution in [2.45, 2.75) is 20.3 Å². The molecule has 2 aromatic heterocycles. The number of ether oxygens (including phenoxy) is 1. The molecular weight excluding hydrogens is 377 g/mol. The van der Waals surface area contributed by atoms with E-state index in [-0.39, 0.29) is 17.1 Å². The maximum absolute atomic E-state index is 13.7. The highest BCUT2D eigenvalue weighted by atomic mass is 35.5. The van der Waals surface area contributed by atoms with E-state index in [9.17, 15) is 14.0 Å². The maximum Gasteiger partial charge on any atom is 0.310 e. The van der Waals surface area contributed by atoms with Crippen molar-refractivity contribution in [3.8, 4) is 0 Å². The third-order valence-corrected chi connectivity index (χ3v) is 4.11. The molecule has 3 rings (SSSR count). The van der Waals surface area contributed by atoms with Gasteiger partial charge < -0.3 is 10.1 Å². The summed E-state index contributed by atoms with van der Waals surface area (Å²) < 4.78 is 20.2. The maximum atomic E-state index is 13.7. The van der Waals surface area contributed by atoms with Crippen LogP contribution in [0.5, 0.6) is 0 Å². The van der Waals surface area contributed by atoms with Crippen LogP contribution >= 0.6 is 11.6 Å². The Morgan fingerprint density at radius 2 is 2.11 bits per heavy atom. The number of amides is 1. The van der Waals surface area contributed by atoms with Gasteiger partial charge in [0, 0.05) is 22.0 Å². The number of nitrogens with zero attached hydrogens (tertiary/aromatic N) is 4. The van der Waals surface area contributed by atoms with Crippen LogP contribution < -0.4 is 5.32 Å². The number of aryl methyl sites for hydroxylation is 2. The third kappa shape index (κ3) is 4.20. The highest BCUT2D eigenvalue weighted by molar-refractivity contribution is 6.30. The number of rotatable bonds is 5. The molecule has 0 saturated heterocycles. The number of anilines is 1. The number of aromatic nitrogens is 4. The molecule has 10 heteroatoms. The molecular formula is C17H15ClFN5O3. The molecule has 0 aliphatic heterocycles. The molecule has 0 bridgehead atoms. The second kappa shape index (κ2) is 7.67. The van der Waals surface area contributed by atoms with Crippen LogP contribution in [0, 0.1) is 19.7 Å². The first kappa shape index (κ1) is 18.7. The van der Waals surface area contributed by atoms with E-state index >= 15 is 0 Å². The van der Waals surface area contributed by atoms with E-state index < -0.39 is 24.3 Å². The molecule has 0 radical (unpaired) electrons. The second-order valence-corrected chi connectivity index (χ2v) is 6.18. The SMILES string of the molecule is Cc1nc2ncnn2c(C)c1CC(=O)OCC(=O)Nc1ccc(Cl)cc1F. The molecule has 2 heterocycles. The van der Waals surface area contributed by atoms with Gasteiger partial charge in [-0.1, -0.05) is 11.6 Å². The molecule has 0 unspecified atom stereocenters. The summed E-state index contributed by atoms with van der Waals surface area (Å²) in [5.41, 5.74) is 1.92. The average Bonchev–Trinajstić information content (AvgIpc) is 3.07. The fourth-order valence-electron chi connectivity index (χ4n) is 2.53. The summed E-state index contributed by atoms with van der Waals surface area (Å²) in [5.74, 6) is -1.52. The normalized spacial score (nSPS) is 10.8. The summed E-state index contributed by atoms with van der Waals surface area (Å²) in [7, 11) is 0. The fourth-order valence-corrected chi connectivity index (χ4v) is 2.69. The van der Waals surface area contributed by atoms with Gasteiger partial charge in [-0.05, 0) is 32.0 Å². The lowest BCUT2D eigenvalue weighted by molar-refractivity contribution is -0.146. The second-order valence-electron chi connectivity index (χ2n) is 5.74. The van der Waals surface area contributed by atoms with Crippen LogP contribution in [0.2, 0.25) is 5.02 Å². The topological polar surface area (TPSA) is 98.5 Å². The van der Waals surface area contributed by atoms with Crippen LogP contribution in [0.25, 0.3) is 5.78 Å². The summed E-state index contributed by atoms with van der Waals surface area (Å²) in [5, 5.41) is 6.57. The first-order valence-electron chi connectivity index (χ1n) is 7.91. The average molecular weight is 392 g/mol. The Bertz CT molecular complexity index is 1040. The van der Waals surface area contributed by atoms with Gasteiger partial charge in [-0.25, -0.2) is 13.9 Å². The summed E-state index contributed by atoms with van der Waals surface area (Å²) in [6, 6.07) is 3.83. The quantitative estimate of drug-likeness (QED) is 0.670. The van der Waals surface area contributed by atoms with Crippen molar-refractivity contribution in [3.63, 3.8) is 0 Å². The van der Waals surface area contributed by atoms with E-state index in [1.807, 2.05) is 0 Å². The first-order valence-corrected chi connectivity index (χ1v) is 8.29. The van der Waals surface area contributed by atoms with Crippen molar-refractivity contribution in [1.29, 1.82) is 0 Å². The van der Waals surface area contributed by atoms with Crippen molar-refractivity contribution in [1.82, 2.24) is 19.6 Å². The number of carbonyl (C=O) groups excluding carboxylic acids is 2. The largest absolute Gasteiger partial charge is 0.455 e. The van der Waals surface area contributed by atoms with Crippen LogP contribution in [0.3, 0.4) is 0 Å². The number of nitrogens with one attached hydrogen (secondary N) is 1. The van der Waals surface area contributed by atoms with Crippen LogP contribution in [-0.2, 0) is 20.7 Å². The predicted molar refractivity (Wildman–Crippen MR) is 95.0 cm³/mol. The molecule has 8 nitrogen and oxygen atoms in total. The van der Waals surface area contributed by atoms with E-state index in [1.165, 1.54) is 23.0 Å². The van der Waals surface area contributed by atoms with Gasteiger partial charge >= 0.3 is 5.97 Å². The Balaban J connectivity index is 1.60. The zero-order chi connectivity index (χ0) is 19.6. The summed E-state index contributed by atoms with van der Waals surface area (Å²) in [6.07, 6.45) is 1.29. The molecule has 1 amide bonds. The van der Waals surface area contributed by atoms with Gasteiger partial charge in [0.15, 0.2) is 6.61 Å². The molecule has 27 heavy (non-hydrogen) atoms. The van der Waals surface area contributed by atoms with Crippen molar-refractivity contribution in [2.75, 3.05) is 11.9 Å². The van der Waals surface area contributed by atoms with Crippen LogP contribution in [0.4, 0.5) is 10.1 Å². The number of carbonyl (C=O) groups is 2. The highest BCUT2D eigenvalue weighted by Gasteiger charge is 2.16. The Morgan fingerprint density at radius 3 is 2.85 bits per heavy atom. The zero-order valence-electron chi connectivity index (χ0n) is 14.5. The number of hydrogen-bond donors (Lipinski definition) is 1. The smallest absolute Gasteiger partial charge is 0.310 e. The standard InChI is InChI=1S/C17H15ClFN5O3/c1-9-12(10(2)24-17(22-9)20-8-21-24)6-16(26)27-7-15(25)23-14-4-3-11(18)5-13(14)19/h3-5,8H,6-7H2,1-2H3,(H,23,25). The molecule has 0 aliphatic rings. The Morgan fingerprint density at radius 1 is 1.33 bits per heavy atom. The van der Waals surface area contributed by atoms with E-state index in [4.69, 9.17) is 16.3 Å². The lowest BCUT2D eigenvalue weighted by atomic mass is 10.1. The first-order chi connectivity index (χ1) is 12.8. The summed E-state index contributed by atoms with van der Waals surface area (Å²) in [4.78, 5) is 32.2. The lowest BCUT2D eigenvalue weighted by Gasteiger charge is -2.11. The van der Waals surface area contributed by atoms with E-state index in [1.54, 1.807) is 13.8 Å². The van der Waals surface area contributed by atoms with Gasteiger partial charge in [0.1, 0.15) is 12.1 Å². The van der Waals surface area contributed by atoms with Gasteiger partial charge in [0.2, 0.25) is 0 Å². The predicted octanol–water partition coefficient (Wildman–Crippen LogP) is 2.26. The molecule has 0 fully saturated rings. The van der Waals surface area contributed by atoms with Crippen LogP contribution in [-0.4, -0.2) is 38.1 Å². The van der Waals surface area contributed by atoms with Crippen molar-refractivity contribution >= 4 is 34.9 Å². The minimum atomic E-state index is -0.680. The molecule has 0 aliphatic carbocycles. The molecule has 1 aromatic carbocycles. The van der Waals surface area contributed by atoms with Crippen molar-refractivity contribution in [3.05, 3.63) is 52.3 Å². The number of benzene rings is 1. The Hall–Kier alpha value is -3.07. The number of hydrogen-bond acceptors (Lipinski definition) is 6. The third-order valence-electron chi connectivity index (χ3n) is 3.88. The van der Waals surface area contributed by atoms with Crippen LogP contribution in [0.15, 0.2) is 24.5 Å². The molecule has 1 N–H and O–H groups in total. The molecule has 0 atom stereocenters. The Kier molecular flexibility index (Phi) is 5.31. The Labute approximate surface area is 158 Å². The molecule has 0 saturated carbocycles. The summed E-state index contributed by atoms with van der Waals surface area (Å²) in [6.45, 7) is 2.99. The van der Waals surface area contributed by atoms with Gasteiger partial charge in [0.05, 0.1) is 12.1 Å². The number of halogens is 2. The lowest BCUT2D eigenvalue weighted by Crippen LogP contribution is -2.22. The van der Waals surface area contributed by atoms with Gasteiger partial charge in [-0.2, -0.15) is 10.1 Å². The number of fused-ring (bicyclic) bond motifs is 1.